The second-order valence-electron chi connectivity index (χ2n) is 5.47. The lowest BCUT2D eigenvalue weighted by Crippen LogP contribution is -2.03. The van der Waals surface area contributed by atoms with Gasteiger partial charge in [-0.1, -0.05) is 30.0 Å². The van der Waals surface area contributed by atoms with Crippen LogP contribution in [0.25, 0.3) is 17.1 Å². The third-order valence-electron chi connectivity index (χ3n) is 3.52. The molecule has 0 amide bonds. The van der Waals surface area contributed by atoms with Crippen LogP contribution in [-0.2, 0) is 0 Å². The van der Waals surface area contributed by atoms with Crippen molar-refractivity contribution < 1.29 is 9.50 Å². The first-order valence-corrected chi connectivity index (χ1v) is 8.71. The number of para-hydroxylation sites is 1. The Hall–Kier alpha value is -2.18. The number of thioether (sulfide) groups is 1. The molecule has 0 aliphatic carbocycles. The van der Waals surface area contributed by atoms with Crippen LogP contribution in [-0.4, -0.2) is 31.7 Å². The second-order valence-corrected chi connectivity index (χ2v) is 6.53. The summed E-state index contributed by atoms with van der Waals surface area (Å²) in [5.41, 5.74) is 1.75. The normalized spacial score (nSPS) is 12.3. The van der Waals surface area contributed by atoms with Crippen molar-refractivity contribution in [2.24, 2.45) is 0 Å². The maximum atomic E-state index is 13.2. The van der Waals surface area contributed by atoms with Crippen LogP contribution in [0.15, 0.2) is 59.8 Å². The number of benzene rings is 2. The Bertz CT molecular complexity index is 788. The van der Waals surface area contributed by atoms with E-state index in [4.69, 9.17) is 0 Å². The van der Waals surface area contributed by atoms with Gasteiger partial charge < -0.3 is 5.11 Å². The lowest BCUT2D eigenvalue weighted by atomic mass is 10.2. The van der Waals surface area contributed by atoms with Gasteiger partial charge in [0.25, 0.3) is 0 Å². The molecule has 3 aromatic rings. The number of nitrogens with zero attached hydrogens (tertiary/aromatic N) is 3. The van der Waals surface area contributed by atoms with E-state index in [1.165, 1.54) is 12.1 Å². The molecule has 0 saturated carbocycles. The molecule has 2 aromatic carbocycles. The molecule has 0 aliphatic heterocycles. The van der Waals surface area contributed by atoms with Gasteiger partial charge in [-0.25, -0.2) is 4.39 Å². The Balaban J connectivity index is 1.99. The quantitative estimate of drug-likeness (QED) is 0.689. The van der Waals surface area contributed by atoms with E-state index in [2.05, 4.69) is 10.2 Å². The van der Waals surface area contributed by atoms with E-state index in [1.54, 1.807) is 30.8 Å². The standard InChI is InChI=1S/C18H18FN3OS/c1-13(23)11-12-24-18-21-20-17(14-7-9-15(19)10-8-14)22(18)16-5-3-2-4-6-16/h2-10,13,23H,11-12H2,1H3/t13-/m1/s1. The van der Waals surface area contributed by atoms with E-state index >= 15 is 0 Å². The van der Waals surface area contributed by atoms with Gasteiger partial charge in [-0.2, -0.15) is 0 Å². The van der Waals surface area contributed by atoms with Crippen LogP contribution in [0, 0.1) is 5.82 Å². The van der Waals surface area contributed by atoms with Gasteiger partial charge in [0, 0.05) is 17.0 Å². The van der Waals surface area contributed by atoms with Crippen LogP contribution < -0.4 is 0 Å². The number of hydrogen-bond donors (Lipinski definition) is 1. The van der Waals surface area contributed by atoms with Crippen molar-refractivity contribution in [2.75, 3.05) is 5.75 Å². The lowest BCUT2D eigenvalue weighted by Gasteiger charge is -2.10. The smallest absolute Gasteiger partial charge is 0.196 e. The highest BCUT2D eigenvalue weighted by Gasteiger charge is 2.16. The van der Waals surface area contributed by atoms with Crippen molar-refractivity contribution in [3.05, 3.63) is 60.4 Å². The predicted octanol–water partition coefficient (Wildman–Crippen LogP) is 3.94. The maximum absolute atomic E-state index is 13.2. The summed E-state index contributed by atoms with van der Waals surface area (Å²) in [6, 6.07) is 16.0. The SMILES string of the molecule is C[C@@H](O)CCSc1nnc(-c2ccc(F)cc2)n1-c1ccccc1. The fourth-order valence-corrected chi connectivity index (χ4v) is 3.34. The molecule has 6 heteroatoms. The van der Waals surface area contributed by atoms with E-state index in [1.807, 2.05) is 34.9 Å². The molecule has 0 radical (unpaired) electrons. The summed E-state index contributed by atoms with van der Waals surface area (Å²) in [5, 5.41) is 18.8. The van der Waals surface area contributed by atoms with E-state index in [0.717, 1.165) is 22.2 Å². The summed E-state index contributed by atoms with van der Waals surface area (Å²) in [6.07, 6.45) is 0.334. The lowest BCUT2D eigenvalue weighted by molar-refractivity contribution is 0.192. The number of aliphatic hydroxyl groups is 1. The summed E-state index contributed by atoms with van der Waals surface area (Å²) in [5.74, 6) is 1.13. The molecule has 4 nitrogen and oxygen atoms in total. The fraction of sp³-hybridized carbons (Fsp3) is 0.222. The van der Waals surface area contributed by atoms with Crippen LogP contribution in [0.5, 0.6) is 0 Å². The number of rotatable bonds is 6. The zero-order valence-corrected chi connectivity index (χ0v) is 14.1. The Kier molecular flexibility index (Phi) is 5.27. The molecule has 0 fully saturated rings. The molecule has 3 rings (SSSR count). The van der Waals surface area contributed by atoms with Gasteiger partial charge in [0.2, 0.25) is 0 Å². The summed E-state index contributed by atoms with van der Waals surface area (Å²) < 4.78 is 15.2. The molecule has 0 unspecified atom stereocenters. The molecule has 124 valence electrons. The van der Waals surface area contributed by atoms with Crippen LogP contribution in [0.1, 0.15) is 13.3 Å². The first-order chi connectivity index (χ1) is 11.6. The molecule has 1 aromatic heterocycles. The van der Waals surface area contributed by atoms with Gasteiger partial charge in [0.05, 0.1) is 6.10 Å². The van der Waals surface area contributed by atoms with Gasteiger partial charge in [-0.15, -0.1) is 10.2 Å². The Morgan fingerprint density at radius 3 is 2.46 bits per heavy atom. The highest BCUT2D eigenvalue weighted by atomic mass is 32.2. The summed E-state index contributed by atoms with van der Waals surface area (Å²) in [7, 11) is 0. The second kappa shape index (κ2) is 7.59. The third kappa shape index (κ3) is 3.83. The number of hydrogen-bond acceptors (Lipinski definition) is 4. The molecule has 1 atom stereocenters. The van der Waals surface area contributed by atoms with Gasteiger partial charge in [-0.05, 0) is 49.7 Å². The van der Waals surface area contributed by atoms with E-state index in [-0.39, 0.29) is 11.9 Å². The zero-order valence-electron chi connectivity index (χ0n) is 13.3. The maximum Gasteiger partial charge on any atom is 0.196 e. The van der Waals surface area contributed by atoms with Crippen LogP contribution in [0.4, 0.5) is 4.39 Å². The van der Waals surface area contributed by atoms with Gasteiger partial charge >= 0.3 is 0 Å². The minimum absolute atomic E-state index is 0.281. The molecular formula is C18H18FN3OS. The number of aliphatic hydroxyl groups excluding tert-OH is 1. The molecule has 1 N–H and O–H groups in total. The Morgan fingerprint density at radius 1 is 1.08 bits per heavy atom. The average Bonchev–Trinajstić information content (AvgIpc) is 3.00. The molecule has 0 spiro atoms. The van der Waals surface area contributed by atoms with Gasteiger partial charge in [-0.3, -0.25) is 4.57 Å². The van der Waals surface area contributed by atoms with Crippen LogP contribution in [0.3, 0.4) is 0 Å². The zero-order chi connectivity index (χ0) is 16.9. The molecule has 0 bridgehead atoms. The van der Waals surface area contributed by atoms with Crippen molar-refractivity contribution in [1.29, 1.82) is 0 Å². The molecule has 1 heterocycles. The molecule has 0 aliphatic rings. The van der Waals surface area contributed by atoms with Crippen molar-refractivity contribution in [1.82, 2.24) is 14.8 Å². The van der Waals surface area contributed by atoms with E-state index in [0.29, 0.717) is 12.2 Å². The largest absolute Gasteiger partial charge is 0.393 e. The molecule has 0 saturated heterocycles. The first-order valence-electron chi connectivity index (χ1n) is 7.73. The fourth-order valence-electron chi connectivity index (χ4n) is 2.28. The van der Waals surface area contributed by atoms with Gasteiger partial charge in [0.15, 0.2) is 11.0 Å². The third-order valence-corrected chi connectivity index (χ3v) is 4.48. The van der Waals surface area contributed by atoms with Crippen LogP contribution >= 0.6 is 11.8 Å². The van der Waals surface area contributed by atoms with E-state index in [9.17, 15) is 9.50 Å². The van der Waals surface area contributed by atoms with E-state index < -0.39 is 0 Å². The number of aromatic nitrogens is 3. The minimum atomic E-state index is -0.345. The predicted molar refractivity (Wildman–Crippen MR) is 93.8 cm³/mol. The summed E-state index contributed by atoms with van der Waals surface area (Å²) in [4.78, 5) is 0. The Morgan fingerprint density at radius 2 is 1.79 bits per heavy atom. The first kappa shape index (κ1) is 16.7. The Labute approximate surface area is 144 Å². The van der Waals surface area contributed by atoms with Crippen molar-refractivity contribution in [2.45, 2.75) is 24.6 Å². The monoisotopic (exact) mass is 343 g/mol. The molecule has 24 heavy (non-hydrogen) atoms. The van der Waals surface area contributed by atoms with Crippen molar-refractivity contribution in [3.63, 3.8) is 0 Å². The summed E-state index contributed by atoms with van der Waals surface area (Å²) in [6.45, 7) is 1.77. The average molecular weight is 343 g/mol. The topological polar surface area (TPSA) is 50.9 Å². The van der Waals surface area contributed by atoms with Crippen molar-refractivity contribution in [3.8, 4) is 17.1 Å². The van der Waals surface area contributed by atoms with Crippen molar-refractivity contribution >= 4 is 11.8 Å². The summed E-state index contributed by atoms with van der Waals surface area (Å²) >= 11 is 1.54. The highest BCUT2D eigenvalue weighted by molar-refractivity contribution is 7.99. The number of halogens is 1. The minimum Gasteiger partial charge on any atom is -0.393 e. The highest BCUT2D eigenvalue weighted by Crippen LogP contribution is 2.28. The van der Waals surface area contributed by atoms with Gasteiger partial charge in [0.1, 0.15) is 5.82 Å². The van der Waals surface area contributed by atoms with Crippen LogP contribution in [0.2, 0.25) is 0 Å². The molecular weight excluding hydrogens is 325 g/mol.